The maximum atomic E-state index is 12.2. The minimum absolute atomic E-state index is 0.00798. The number of carboxylic acids is 1. The number of carbonyl (C=O) groups excluding carboxylic acids is 2. The summed E-state index contributed by atoms with van der Waals surface area (Å²) in [6, 6.07) is 4.82. The molecule has 0 amide bonds. The standard InChI is InChI=1S/C16H17NO7/c1-9-5-4-6-11(12(9)14(18)19)17-8-24-7-10(15(20)22-2)13(17)16(21)23-3/h4-6H,7-8H2,1-3H3,(H,18,19). The summed E-state index contributed by atoms with van der Waals surface area (Å²) in [5, 5.41) is 9.49. The first-order chi connectivity index (χ1) is 11.4. The van der Waals surface area contributed by atoms with Crippen LogP contribution in [-0.4, -0.2) is 50.6 Å². The van der Waals surface area contributed by atoms with Crippen molar-refractivity contribution in [1.82, 2.24) is 0 Å². The summed E-state index contributed by atoms with van der Waals surface area (Å²) < 4.78 is 14.8. The molecule has 1 heterocycles. The van der Waals surface area contributed by atoms with Crippen LogP contribution in [0.25, 0.3) is 0 Å². The van der Waals surface area contributed by atoms with Gasteiger partial charge in [-0.25, -0.2) is 14.4 Å². The number of benzene rings is 1. The van der Waals surface area contributed by atoms with Crippen molar-refractivity contribution in [3.63, 3.8) is 0 Å². The third kappa shape index (κ3) is 3.09. The number of aromatic carboxylic acids is 1. The molecule has 1 aromatic rings. The molecule has 1 N–H and O–H groups in total. The molecule has 24 heavy (non-hydrogen) atoms. The molecule has 0 spiro atoms. The Labute approximate surface area is 138 Å². The second-order valence-corrected chi connectivity index (χ2v) is 4.99. The molecule has 0 bridgehead atoms. The van der Waals surface area contributed by atoms with Crippen molar-refractivity contribution in [3.8, 4) is 0 Å². The van der Waals surface area contributed by atoms with Crippen LogP contribution < -0.4 is 4.90 Å². The minimum atomic E-state index is -1.16. The molecule has 128 valence electrons. The average Bonchev–Trinajstić information content (AvgIpc) is 2.59. The Morgan fingerprint density at radius 1 is 1.17 bits per heavy atom. The Morgan fingerprint density at radius 2 is 1.83 bits per heavy atom. The average molecular weight is 335 g/mol. The van der Waals surface area contributed by atoms with Gasteiger partial charge in [-0.3, -0.25) is 0 Å². The van der Waals surface area contributed by atoms with Gasteiger partial charge >= 0.3 is 17.9 Å². The van der Waals surface area contributed by atoms with E-state index in [1.807, 2.05) is 0 Å². The van der Waals surface area contributed by atoms with Crippen LogP contribution in [0.4, 0.5) is 5.69 Å². The number of carbonyl (C=O) groups is 3. The highest BCUT2D eigenvalue weighted by Crippen LogP contribution is 2.31. The van der Waals surface area contributed by atoms with Gasteiger partial charge in [0.2, 0.25) is 0 Å². The molecule has 1 aliphatic rings. The number of nitrogens with zero attached hydrogens (tertiary/aromatic N) is 1. The number of ether oxygens (including phenoxy) is 3. The van der Waals surface area contributed by atoms with Gasteiger partial charge in [0, 0.05) is 0 Å². The maximum absolute atomic E-state index is 12.2. The van der Waals surface area contributed by atoms with Gasteiger partial charge in [0.1, 0.15) is 12.4 Å². The molecule has 0 aliphatic carbocycles. The van der Waals surface area contributed by atoms with Crippen molar-refractivity contribution in [2.45, 2.75) is 6.92 Å². The highest BCUT2D eigenvalue weighted by Gasteiger charge is 2.34. The number of esters is 2. The van der Waals surface area contributed by atoms with Crippen molar-refractivity contribution in [2.24, 2.45) is 0 Å². The molecule has 0 saturated heterocycles. The van der Waals surface area contributed by atoms with Crippen LogP contribution in [0.2, 0.25) is 0 Å². The predicted molar refractivity (Wildman–Crippen MR) is 82.5 cm³/mol. The fourth-order valence-corrected chi connectivity index (χ4v) is 2.49. The SMILES string of the molecule is COC(=O)C1=C(C(=O)OC)N(c2cccc(C)c2C(=O)O)COC1. The number of hydrogen-bond acceptors (Lipinski definition) is 7. The van der Waals surface area contributed by atoms with Gasteiger partial charge in [-0.05, 0) is 18.6 Å². The molecular weight excluding hydrogens is 318 g/mol. The topological polar surface area (TPSA) is 102 Å². The van der Waals surface area contributed by atoms with Gasteiger partial charge in [0.15, 0.2) is 0 Å². The number of aryl methyl sites for hydroxylation is 1. The number of rotatable bonds is 4. The zero-order valence-corrected chi connectivity index (χ0v) is 13.5. The van der Waals surface area contributed by atoms with Gasteiger partial charge in [-0.15, -0.1) is 0 Å². The number of anilines is 1. The molecule has 8 nitrogen and oxygen atoms in total. The molecule has 0 saturated carbocycles. The van der Waals surface area contributed by atoms with E-state index in [9.17, 15) is 19.5 Å². The highest BCUT2D eigenvalue weighted by atomic mass is 16.5. The number of hydrogen-bond donors (Lipinski definition) is 1. The molecule has 1 aliphatic heterocycles. The lowest BCUT2D eigenvalue weighted by atomic mass is 10.0. The lowest BCUT2D eigenvalue weighted by Gasteiger charge is -2.32. The van der Waals surface area contributed by atoms with Crippen molar-refractivity contribution >= 4 is 23.6 Å². The van der Waals surface area contributed by atoms with Crippen molar-refractivity contribution in [3.05, 3.63) is 40.6 Å². The quantitative estimate of drug-likeness (QED) is 0.816. The highest BCUT2D eigenvalue weighted by molar-refractivity contribution is 6.05. The Hall–Kier alpha value is -2.87. The molecule has 1 aromatic carbocycles. The number of carboxylic acid groups (broad SMARTS) is 1. The summed E-state index contributed by atoms with van der Waals surface area (Å²) in [5.74, 6) is -2.68. The summed E-state index contributed by atoms with van der Waals surface area (Å²) in [6.45, 7) is 1.40. The fraction of sp³-hybridized carbons (Fsp3) is 0.312. The molecular formula is C16H17NO7. The third-order valence-electron chi connectivity index (χ3n) is 3.59. The van der Waals surface area contributed by atoms with E-state index in [1.54, 1.807) is 19.1 Å². The van der Waals surface area contributed by atoms with E-state index >= 15 is 0 Å². The van der Waals surface area contributed by atoms with Crippen molar-refractivity contribution in [2.75, 3.05) is 32.5 Å². The Kier molecular flexibility index (Phi) is 5.20. The fourth-order valence-electron chi connectivity index (χ4n) is 2.49. The first-order valence-corrected chi connectivity index (χ1v) is 7.00. The predicted octanol–water partition coefficient (Wildman–Crippen LogP) is 1.09. The molecule has 0 atom stereocenters. The molecule has 8 heteroatoms. The van der Waals surface area contributed by atoms with E-state index in [1.165, 1.54) is 25.2 Å². The summed E-state index contributed by atoms with van der Waals surface area (Å²) in [4.78, 5) is 37.1. The van der Waals surface area contributed by atoms with E-state index in [-0.39, 0.29) is 35.9 Å². The Bertz CT molecular complexity index is 723. The first-order valence-electron chi connectivity index (χ1n) is 7.00. The molecule has 0 unspecified atom stereocenters. The Morgan fingerprint density at radius 3 is 2.42 bits per heavy atom. The van der Waals surface area contributed by atoms with E-state index in [0.29, 0.717) is 5.56 Å². The molecule has 2 rings (SSSR count). The van der Waals surface area contributed by atoms with Crippen LogP contribution >= 0.6 is 0 Å². The van der Waals surface area contributed by atoms with Crippen LogP contribution in [0.1, 0.15) is 15.9 Å². The molecule has 0 fully saturated rings. The maximum Gasteiger partial charge on any atom is 0.355 e. The normalized spacial score (nSPS) is 14.4. The summed E-state index contributed by atoms with van der Waals surface area (Å²) >= 11 is 0. The van der Waals surface area contributed by atoms with Crippen molar-refractivity contribution < 1.29 is 33.7 Å². The lowest BCUT2D eigenvalue weighted by molar-refractivity contribution is -0.140. The Balaban J connectivity index is 2.68. The molecule has 0 aromatic heterocycles. The van der Waals surface area contributed by atoms with E-state index in [4.69, 9.17) is 9.47 Å². The van der Waals surface area contributed by atoms with Crippen LogP contribution in [0, 0.1) is 6.92 Å². The van der Waals surface area contributed by atoms with Crippen molar-refractivity contribution in [1.29, 1.82) is 0 Å². The largest absolute Gasteiger partial charge is 0.478 e. The van der Waals surface area contributed by atoms with Gasteiger partial charge in [-0.2, -0.15) is 0 Å². The number of methoxy groups -OCH3 is 2. The smallest absolute Gasteiger partial charge is 0.355 e. The van der Waals surface area contributed by atoms with Crippen LogP contribution in [0.15, 0.2) is 29.5 Å². The van der Waals surface area contributed by atoms with Crippen LogP contribution in [0.3, 0.4) is 0 Å². The van der Waals surface area contributed by atoms with E-state index < -0.39 is 17.9 Å². The molecule has 0 radical (unpaired) electrons. The van der Waals surface area contributed by atoms with Gasteiger partial charge in [0.05, 0.1) is 37.7 Å². The monoisotopic (exact) mass is 335 g/mol. The van der Waals surface area contributed by atoms with Gasteiger partial charge in [0.25, 0.3) is 0 Å². The minimum Gasteiger partial charge on any atom is -0.478 e. The van der Waals surface area contributed by atoms with Gasteiger partial charge in [-0.1, -0.05) is 12.1 Å². The van der Waals surface area contributed by atoms with E-state index in [0.717, 1.165) is 0 Å². The zero-order chi connectivity index (χ0) is 17.9. The van der Waals surface area contributed by atoms with E-state index in [2.05, 4.69) is 4.74 Å². The summed E-state index contributed by atoms with van der Waals surface area (Å²) in [6.07, 6.45) is 0. The second-order valence-electron chi connectivity index (χ2n) is 4.99. The lowest BCUT2D eigenvalue weighted by Crippen LogP contribution is -2.39. The van der Waals surface area contributed by atoms with Gasteiger partial charge < -0.3 is 24.2 Å². The zero-order valence-electron chi connectivity index (χ0n) is 13.5. The van der Waals surface area contributed by atoms with Crippen LogP contribution in [0.5, 0.6) is 0 Å². The summed E-state index contributed by atoms with van der Waals surface area (Å²) in [5.41, 5.74) is 0.615. The first kappa shape index (κ1) is 17.5. The third-order valence-corrected chi connectivity index (χ3v) is 3.59. The summed E-state index contributed by atoms with van der Waals surface area (Å²) in [7, 11) is 2.35. The van der Waals surface area contributed by atoms with Crippen LogP contribution in [-0.2, 0) is 23.8 Å². The second kappa shape index (κ2) is 7.14.